The van der Waals surface area contributed by atoms with Crippen LogP contribution in [0.1, 0.15) is 24.6 Å². The number of hydrogen-bond acceptors (Lipinski definition) is 4. The third-order valence-corrected chi connectivity index (χ3v) is 2.84. The minimum absolute atomic E-state index is 0.0927. The van der Waals surface area contributed by atoms with Crippen LogP contribution in [0.2, 0.25) is 0 Å². The van der Waals surface area contributed by atoms with Gasteiger partial charge in [-0.25, -0.2) is 4.98 Å². The van der Waals surface area contributed by atoms with Crippen molar-refractivity contribution in [1.82, 2.24) is 20.5 Å². The molecule has 2 aromatic heterocycles. The highest BCUT2D eigenvalue weighted by Gasteiger charge is 2.19. The lowest BCUT2D eigenvalue weighted by molar-refractivity contribution is 0.465. The average molecular weight is 242 g/mol. The molecule has 1 atom stereocenters. The maximum atomic E-state index is 5.86. The van der Waals surface area contributed by atoms with Gasteiger partial charge in [-0.2, -0.15) is 5.10 Å². The molecule has 0 radical (unpaired) electrons. The summed E-state index contributed by atoms with van der Waals surface area (Å²) in [7, 11) is 0. The van der Waals surface area contributed by atoms with Crippen molar-refractivity contribution >= 4 is 11.0 Å². The van der Waals surface area contributed by atoms with Crippen molar-refractivity contribution in [2.75, 3.05) is 6.54 Å². The standard InChI is InChI=1S/C13H14N4O/c1-2-14-12(13-15-8-16-17-13)11-7-9-5-3-4-6-10(9)18-11/h3-8,12,14H,2H2,1H3,(H,15,16,17). The summed E-state index contributed by atoms with van der Waals surface area (Å²) in [5, 5.41) is 11.2. The highest BCUT2D eigenvalue weighted by Crippen LogP contribution is 2.26. The van der Waals surface area contributed by atoms with Gasteiger partial charge in [-0.1, -0.05) is 25.1 Å². The van der Waals surface area contributed by atoms with Gasteiger partial charge < -0.3 is 9.73 Å². The molecule has 0 amide bonds. The molecule has 18 heavy (non-hydrogen) atoms. The van der Waals surface area contributed by atoms with Crippen LogP contribution in [0, 0.1) is 0 Å². The Balaban J connectivity index is 2.04. The number of furan rings is 1. The van der Waals surface area contributed by atoms with Crippen LogP contribution in [-0.4, -0.2) is 21.7 Å². The third-order valence-electron chi connectivity index (χ3n) is 2.84. The molecule has 0 aliphatic heterocycles. The van der Waals surface area contributed by atoms with E-state index in [1.54, 1.807) is 0 Å². The SMILES string of the molecule is CCNC(c1ncn[nH]1)c1cc2ccccc2o1. The van der Waals surface area contributed by atoms with E-state index in [1.165, 1.54) is 6.33 Å². The molecule has 1 unspecified atom stereocenters. The fraction of sp³-hybridized carbons (Fsp3) is 0.231. The van der Waals surface area contributed by atoms with Gasteiger partial charge in [0.15, 0.2) is 0 Å². The van der Waals surface area contributed by atoms with E-state index >= 15 is 0 Å². The van der Waals surface area contributed by atoms with Crippen molar-refractivity contribution in [3.8, 4) is 0 Å². The molecule has 5 heteroatoms. The van der Waals surface area contributed by atoms with E-state index in [-0.39, 0.29) is 6.04 Å². The second-order valence-corrected chi connectivity index (χ2v) is 4.05. The molecule has 92 valence electrons. The fourth-order valence-electron chi connectivity index (χ4n) is 2.03. The van der Waals surface area contributed by atoms with Gasteiger partial charge in [-0.15, -0.1) is 0 Å². The van der Waals surface area contributed by atoms with Gasteiger partial charge in [0.05, 0.1) is 0 Å². The maximum Gasteiger partial charge on any atom is 0.149 e. The van der Waals surface area contributed by atoms with E-state index in [4.69, 9.17) is 4.42 Å². The van der Waals surface area contributed by atoms with Crippen LogP contribution in [0.5, 0.6) is 0 Å². The van der Waals surface area contributed by atoms with E-state index in [9.17, 15) is 0 Å². The molecular formula is C13H14N4O. The number of aromatic amines is 1. The Kier molecular flexibility index (Phi) is 2.82. The lowest BCUT2D eigenvalue weighted by Crippen LogP contribution is -2.22. The normalized spacial score (nSPS) is 12.9. The van der Waals surface area contributed by atoms with E-state index in [2.05, 4.69) is 20.5 Å². The van der Waals surface area contributed by atoms with E-state index in [0.29, 0.717) is 0 Å². The number of benzene rings is 1. The monoisotopic (exact) mass is 242 g/mol. The zero-order chi connectivity index (χ0) is 12.4. The molecule has 0 aliphatic carbocycles. The molecule has 0 saturated heterocycles. The Labute approximate surface area is 104 Å². The van der Waals surface area contributed by atoms with Crippen molar-refractivity contribution in [3.63, 3.8) is 0 Å². The first-order chi connectivity index (χ1) is 8.88. The summed E-state index contributed by atoms with van der Waals surface area (Å²) in [6.45, 7) is 2.87. The number of aromatic nitrogens is 3. The van der Waals surface area contributed by atoms with Crippen LogP contribution in [0.25, 0.3) is 11.0 Å². The number of rotatable bonds is 4. The number of nitrogens with zero attached hydrogens (tertiary/aromatic N) is 2. The van der Waals surface area contributed by atoms with Crippen molar-refractivity contribution in [3.05, 3.63) is 48.2 Å². The molecule has 0 bridgehead atoms. The molecule has 0 fully saturated rings. The van der Waals surface area contributed by atoms with Gasteiger partial charge in [-0.3, -0.25) is 5.10 Å². The number of para-hydroxylation sites is 1. The number of fused-ring (bicyclic) bond motifs is 1. The summed E-state index contributed by atoms with van der Waals surface area (Å²) in [6, 6.07) is 9.90. The number of H-pyrrole nitrogens is 1. The van der Waals surface area contributed by atoms with Gasteiger partial charge >= 0.3 is 0 Å². The van der Waals surface area contributed by atoms with Gasteiger partial charge in [0, 0.05) is 5.39 Å². The fourth-order valence-corrected chi connectivity index (χ4v) is 2.03. The van der Waals surface area contributed by atoms with Crippen molar-refractivity contribution in [1.29, 1.82) is 0 Å². The highest BCUT2D eigenvalue weighted by molar-refractivity contribution is 5.77. The summed E-state index contributed by atoms with van der Waals surface area (Å²) in [4.78, 5) is 4.19. The van der Waals surface area contributed by atoms with Crippen molar-refractivity contribution < 1.29 is 4.42 Å². The average Bonchev–Trinajstić information content (AvgIpc) is 3.04. The summed E-state index contributed by atoms with van der Waals surface area (Å²) in [5.74, 6) is 1.60. The number of nitrogens with one attached hydrogen (secondary N) is 2. The molecular weight excluding hydrogens is 228 g/mol. The zero-order valence-corrected chi connectivity index (χ0v) is 10.1. The maximum absolute atomic E-state index is 5.86. The molecule has 0 saturated carbocycles. The Morgan fingerprint density at radius 3 is 3.00 bits per heavy atom. The minimum atomic E-state index is -0.0927. The quantitative estimate of drug-likeness (QED) is 0.736. The summed E-state index contributed by atoms with van der Waals surface area (Å²) < 4.78 is 5.86. The van der Waals surface area contributed by atoms with Gasteiger partial charge in [-0.05, 0) is 18.7 Å². The summed E-state index contributed by atoms with van der Waals surface area (Å²) in [5.41, 5.74) is 0.884. The first-order valence-corrected chi connectivity index (χ1v) is 5.95. The second-order valence-electron chi connectivity index (χ2n) is 4.05. The molecule has 0 aliphatic rings. The lowest BCUT2D eigenvalue weighted by atomic mass is 10.2. The second kappa shape index (κ2) is 4.62. The molecule has 2 heterocycles. The third kappa shape index (κ3) is 1.89. The molecule has 2 N–H and O–H groups in total. The van der Waals surface area contributed by atoms with Crippen molar-refractivity contribution in [2.45, 2.75) is 13.0 Å². The first-order valence-electron chi connectivity index (χ1n) is 5.95. The molecule has 0 spiro atoms. The Hall–Kier alpha value is -2.14. The van der Waals surface area contributed by atoms with Crippen molar-refractivity contribution in [2.24, 2.45) is 0 Å². The van der Waals surface area contributed by atoms with Gasteiger partial charge in [0.2, 0.25) is 0 Å². The van der Waals surface area contributed by atoms with Crippen LogP contribution in [0.4, 0.5) is 0 Å². The van der Waals surface area contributed by atoms with Crippen LogP contribution in [-0.2, 0) is 0 Å². The van der Waals surface area contributed by atoms with E-state index in [0.717, 1.165) is 29.1 Å². The van der Waals surface area contributed by atoms with E-state index < -0.39 is 0 Å². The summed E-state index contributed by atoms with van der Waals surface area (Å²) in [6.07, 6.45) is 1.50. The molecule has 3 aromatic rings. The van der Waals surface area contributed by atoms with Crippen LogP contribution < -0.4 is 5.32 Å². The van der Waals surface area contributed by atoms with Crippen LogP contribution in [0.3, 0.4) is 0 Å². The topological polar surface area (TPSA) is 66.7 Å². The smallest absolute Gasteiger partial charge is 0.149 e. The predicted octanol–water partition coefficient (Wildman–Crippen LogP) is 2.25. The van der Waals surface area contributed by atoms with Gasteiger partial charge in [0.1, 0.15) is 29.5 Å². The lowest BCUT2D eigenvalue weighted by Gasteiger charge is -2.11. The summed E-state index contributed by atoms with van der Waals surface area (Å²) >= 11 is 0. The molecule has 1 aromatic carbocycles. The predicted molar refractivity (Wildman–Crippen MR) is 68.1 cm³/mol. The number of hydrogen-bond donors (Lipinski definition) is 2. The van der Waals surface area contributed by atoms with Crippen LogP contribution >= 0.6 is 0 Å². The molecule has 5 nitrogen and oxygen atoms in total. The first kappa shape index (κ1) is 11.0. The minimum Gasteiger partial charge on any atom is -0.459 e. The Bertz CT molecular complexity index is 596. The van der Waals surface area contributed by atoms with Crippen LogP contribution in [0.15, 0.2) is 41.1 Å². The highest BCUT2D eigenvalue weighted by atomic mass is 16.3. The zero-order valence-electron chi connectivity index (χ0n) is 10.1. The van der Waals surface area contributed by atoms with Gasteiger partial charge in [0.25, 0.3) is 0 Å². The Morgan fingerprint density at radius 1 is 1.39 bits per heavy atom. The molecule has 3 rings (SSSR count). The van der Waals surface area contributed by atoms with E-state index in [1.807, 2.05) is 37.3 Å². The Morgan fingerprint density at radius 2 is 2.28 bits per heavy atom. The largest absolute Gasteiger partial charge is 0.459 e.